The summed E-state index contributed by atoms with van der Waals surface area (Å²) in [5, 5.41) is 4.50. The fourth-order valence-electron chi connectivity index (χ4n) is 3.72. The number of aryl methyl sites for hydroxylation is 1. The number of amides is 2. The molecule has 1 aromatic rings. The second-order valence-electron chi connectivity index (χ2n) is 7.30. The van der Waals surface area contributed by atoms with Gasteiger partial charge in [-0.25, -0.2) is 4.79 Å². The lowest BCUT2D eigenvalue weighted by molar-refractivity contribution is 0.0570. The number of fused-ring (bicyclic) bond motifs is 1. The molecule has 0 saturated carbocycles. The fraction of sp³-hybridized carbons (Fsp3) is 0.364. The lowest BCUT2D eigenvalue weighted by atomic mass is 10.1. The van der Waals surface area contributed by atoms with Crippen molar-refractivity contribution in [3.63, 3.8) is 0 Å². The predicted octanol–water partition coefficient (Wildman–Crippen LogP) is 2.07. The second kappa shape index (κ2) is 8.63. The van der Waals surface area contributed by atoms with Gasteiger partial charge in [0.25, 0.3) is 11.5 Å². The number of hydrogen-bond donors (Lipinski definition) is 0. The average molecular weight is 423 g/mol. The Morgan fingerprint density at radius 1 is 1.00 bits per heavy atom. The Hall–Kier alpha value is -3.62. The molecule has 2 amide bonds. The number of benzene rings is 1. The lowest BCUT2D eigenvalue weighted by Crippen LogP contribution is -2.50. The molecule has 0 N–H and O–H groups in total. The highest BCUT2D eigenvalue weighted by Crippen LogP contribution is 2.24. The Morgan fingerprint density at radius 3 is 2.32 bits per heavy atom. The van der Waals surface area contributed by atoms with Crippen LogP contribution in [-0.4, -0.2) is 68.9 Å². The minimum Gasteiger partial charge on any atom is -0.450 e. The Kier molecular flexibility index (Phi) is 5.75. The number of aromatic nitrogens is 3. The third-order valence-corrected chi connectivity index (χ3v) is 5.41. The first kappa shape index (κ1) is 20.6. The highest BCUT2D eigenvalue weighted by Gasteiger charge is 2.30. The molecule has 0 spiro atoms. The maximum absolute atomic E-state index is 13.4. The van der Waals surface area contributed by atoms with E-state index in [-0.39, 0.29) is 17.6 Å². The van der Waals surface area contributed by atoms with Crippen LogP contribution in [0.15, 0.2) is 47.5 Å². The molecule has 3 heterocycles. The Morgan fingerprint density at radius 2 is 1.68 bits per heavy atom. The Balaban J connectivity index is 1.66. The maximum atomic E-state index is 13.4. The van der Waals surface area contributed by atoms with E-state index in [4.69, 9.17) is 4.74 Å². The van der Waals surface area contributed by atoms with Gasteiger partial charge in [0.2, 0.25) is 0 Å². The zero-order chi connectivity index (χ0) is 22.0. The number of carbonyl (C=O) groups excluding carboxylic acids is 2. The van der Waals surface area contributed by atoms with Crippen molar-refractivity contribution in [3.8, 4) is 16.9 Å². The van der Waals surface area contributed by atoms with Crippen molar-refractivity contribution in [3.05, 3.63) is 58.6 Å². The van der Waals surface area contributed by atoms with Crippen LogP contribution in [0.3, 0.4) is 0 Å². The highest BCUT2D eigenvalue weighted by atomic mass is 16.6. The molecule has 0 aliphatic carbocycles. The van der Waals surface area contributed by atoms with Gasteiger partial charge in [-0.15, -0.1) is 0 Å². The van der Waals surface area contributed by atoms with Crippen molar-refractivity contribution in [2.45, 2.75) is 20.4 Å². The lowest BCUT2D eigenvalue weighted by Gasteiger charge is -2.34. The number of carbonyl (C=O) groups is 2. The molecule has 1 aromatic carbocycles. The van der Waals surface area contributed by atoms with E-state index in [1.807, 2.05) is 29.7 Å². The summed E-state index contributed by atoms with van der Waals surface area (Å²) in [6, 6.07) is 9.15. The molecule has 0 bridgehead atoms. The van der Waals surface area contributed by atoms with E-state index < -0.39 is 0 Å². The smallest absolute Gasteiger partial charge is 0.409 e. The van der Waals surface area contributed by atoms with Gasteiger partial charge in [-0.3, -0.25) is 9.59 Å². The zero-order valence-corrected chi connectivity index (χ0v) is 17.7. The third-order valence-electron chi connectivity index (χ3n) is 5.41. The molecule has 1 saturated heterocycles. The third kappa shape index (κ3) is 3.90. The van der Waals surface area contributed by atoms with E-state index in [9.17, 15) is 14.4 Å². The SMILES string of the molecule is CCOC(=O)N1CCN(C(=O)c2cn(CC)cc3c(=O)n(-c4ccccc4)nc2-3)CC1. The summed E-state index contributed by atoms with van der Waals surface area (Å²) in [4.78, 5) is 41.6. The van der Waals surface area contributed by atoms with Crippen molar-refractivity contribution >= 4 is 12.0 Å². The molecule has 0 aromatic heterocycles. The number of piperazine rings is 1. The first-order valence-corrected chi connectivity index (χ1v) is 10.4. The van der Waals surface area contributed by atoms with Crippen LogP contribution in [-0.2, 0) is 11.3 Å². The average Bonchev–Trinajstić information content (AvgIpc) is 3.15. The molecule has 0 radical (unpaired) electrons. The standard InChI is InChI=1S/C22H25N5O4/c1-3-24-14-17(20(28)25-10-12-26(13-11-25)22(30)31-4-2)19-18(15-24)21(29)27(23-19)16-8-6-5-7-9-16/h5-9,14-15H,3-4,10-13H2,1-2H3. The van der Waals surface area contributed by atoms with Gasteiger partial charge in [-0.05, 0) is 26.0 Å². The van der Waals surface area contributed by atoms with Gasteiger partial charge in [-0.2, -0.15) is 9.78 Å². The number of para-hydroxylation sites is 1. The molecule has 162 valence electrons. The minimum absolute atomic E-state index is 0.200. The normalized spacial score (nSPS) is 14.1. The van der Waals surface area contributed by atoms with Crippen LogP contribution >= 0.6 is 0 Å². The van der Waals surface area contributed by atoms with E-state index in [2.05, 4.69) is 5.10 Å². The summed E-state index contributed by atoms with van der Waals surface area (Å²) in [7, 11) is 0. The largest absolute Gasteiger partial charge is 0.450 e. The monoisotopic (exact) mass is 423 g/mol. The molecule has 3 aliphatic rings. The number of hydrogen-bond acceptors (Lipinski definition) is 5. The fourth-order valence-corrected chi connectivity index (χ4v) is 3.72. The van der Waals surface area contributed by atoms with Gasteiger partial charge in [0.15, 0.2) is 0 Å². The van der Waals surface area contributed by atoms with Crippen LogP contribution in [0.4, 0.5) is 4.79 Å². The summed E-state index contributed by atoms with van der Waals surface area (Å²) >= 11 is 0. The molecule has 9 nitrogen and oxygen atoms in total. The van der Waals surface area contributed by atoms with Gasteiger partial charge in [0, 0.05) is 45.1 Å². The van der Waals surface area contributed by atoms with Crippen LogP contribution in [0.25, 0.3) is 16.9 Å². The van der Waals surface area contributed by atoms with Crippen molar-refractivity contribution in [1.29, 1.82) is 0 Å². The number of ether oxygens (including phenoxy) is 1. The molecule has 0 atom stereocenters. The van der Waals surface area contributed by atoms with Crippen molar-refractivity contribution in [2.75, 3.05) is 32.8 Å². The zero-order valence-electron chi connectivity index (χ0n) is 17.7. The van der Waals surface area contributed by atoms with E-state index in [0.717, 1.165) is 0 Å². The highest BCUT2D eigenvalue weighted by molar-refractivity contribution is 6.00. The summed E-state index contributed by atoms with van der Waals surface area (Å²) in [6.45, 7) is 6.23. The molecule has 0 unspecified atom stereocenters. The summed E-state index contributed by atoms with van der Waals surface area (Å²) in [5.41, 5.74) is 1.56. The number of pyridine rings is 1. The number of rotatable bonds is 4. The molecule has 1 fully saturated rings. The van der Waals surface area contributed by atoms with E-state index in [1.54, 1.807) is 41.2 Å². The van der Waals surface area contributed by atoms with Crippen molar-refractivity contribution in [2.24, 2.45) is 0 Å². The number of nitrogens with zero attached hydrogens (tertiary/aromatic N) is 5. The van der Waals surface area contributed by atoms with Crippen LogP contribution < -0.4 is 5.56 Å². The first-order chi connectivity index (χ1) is 15.0. The van der Waals surface area contributed by atoms with Crippen LogP contribution in [0, 0.1) is 0 Å². The van der Waals surface area contributed by atoms with E-state index >= 15 is 0 Å². The van der Waals surface area contributed by atoms with Gasteiger partial charge in [-0.1, -0.05) is 18.2 Å². The molecule has 9 heteroatoms. The van der Waals surface area contributed by atoms with E-state index in [1.165, 1.54) is 4.68 Å². The second-order valence-corrected chi connectivity index (χ2v) is 7.30. The van der Waals surface area contributed by atoms with Gasteiger partial charge >= 0.3 is 6.09 Å². The quantitative estimate of drug-likeness (QED) is 0.641. The van der Waals surface area contributed by atoms with Crippen LogP contribution in [0.2, 0.25) is 0 Å². The van der Waals surface area contributed by atoms with E-state index in [0.29, 0.717) is 61.8 Å². The summed E-state index contributed by atoms with van der Waals surface area (Å²) < 4.78 is 8.20. The molecule has 3 aliphatic heterocycles. The van der Waals surface area contributed by atoms with Crippen LogP contribution in [0.1, 0.15) is 24.2 Å². The first-order valence-electron chi connectivity index (χ1n) is 10.4. The molecule has 4 rings (SSSR count). The Bertz CT molecular complexity index is 1110. The summed E-state index contributed by atoms with van der Waals surface area (Å²) in [5.74, 6) is -0.200. The molecular weight excluding hydrogens is 398 g/mol. The molecule has 31 heavy (non-hydrogen) atoms. The minimum atomic E-state index is -0.363. The topological polar surface area (TPSA) is 89.7 Å². The van der Waals surface area contributed by atoms with Gasteiger partial charge < -0.3 is 19.1 Å². The maximum Gasteiger partial charge on any atom is 0.409 e. The van der Waals surface area contributed by atoms with Gasteiger partial charge in [0.1, 0.15) is 5.69 Å². The van der Waals surface area contributed by atoms with Crippen molar-refractivity contribution < 1.29 is 14.3 Å². The van der Waals surface area contributed by atoms with Gasteiger partial charge in [0.05, 0.1) is 23.4 Å². The van der Waals surface area contributed by atoms with Crippen molar-refractivity contribution in [1.82, 2.24) is 24.1 Å². The summed E-state index contributed by atoms with van der Waals surface area (Å²) in [6.07, 6.45) is 3.11. The molecular formula is C22H25N5O4. The van der Waals surface area contributed by atoms with Crippen LogP contribution in [0.5, 0.6) is 0 Å². The predicted molar refractivity (Wildman–Crippen MR) is 115 cm³/mol. The Labute approximate surface area is 179 Å².